The van der Waals surface area contributed by atoms with E-state index < -0.39 is 28.3 Å². The first-order chi connectivity index (χ1) is 13.0. The number of thiophene rings is 1. The van der Waals surface area contributed by atoms with Gasteiger partial charge < -0.3 is 5.32 Å². The van der Waals surface area contributed by atoms with Gasteiger partial charge in [0, 0.05) is 6.54 Å². The van der Waals surface area contributed by atoms with Gasteiger partial charge in [-0.3, -0.25) is 9.10 Å². The van der Waals surface area contributed by atoms with Crippen molar-refractivity contribution in [2.24, 2.45) is 0 Å². The number of rotatable bonds is 7. The molecule has 0 spiro atoms. The Balaban J connectivity index is 1.84. The van der Waals surface area contributed by atoms with E-state index in [1.807, 2.05) is 30.3 Å². The molecule has 0 unspecified atom stereocenters. The van der Waals surface area contributed by atoms with Crippen LogP contribution in [-0.2, 0) is 21.4 Å². The Morgan fingerprint density at radius 2 is 1.70 bits per heavy atom. The molecule has 0 atom stereocenters. The van der Waals surface area contributed by atoms with Crippen molar-refractivity contribution < 1.29 is 17.6 Å². The fraction of sp³-hybridized carbons (Fsp3) is 0.105. The molecule has 0 aliphatic carbocycles. The Labute approximate surface area is 161 Å². The summed E-state index contributed by atoms with van der Waals surface area (Å²) in [5.74, 6) is -1.24. The summed E-state index contributed by atoms with van der Waals surface area (Å²) in [6, 6.07) is 17.7. The summed E-state index contributed by atoms with van der Waals surface area (Å²) in [4.78, 5) is 12.4. The van der Waals surface area contributed by atoms with E-state index >= 15 is 0 Å². The molecular weight excluding hydrogens is 387 g/mol. The SMILES string of the molecule is O=C(CN(c1ccccc1F)S(=O)(=O)c1cccs1)NCc1ccccc1. The molecule has 5 nitrogen and oxygen atoms in total. The maximum Gasteiger partial charge on any atom is 0.274 e. The Kier molecular flexibility index (Phi) is 5.88. The molecule has 3 rings (SSSR count). The fourth-order valence-corrected chi connectivity index (χ4v) is 4.99. The second kappa shape index (κ2) is 8.32. The van der Waals surface area contributed by atoms with Gasteiger partial charge in [-0.05, 0) is 29.1 Å². The number of sulfonamides is 1. The van der Waals surface area contributed by atoms with Crippen LogP contribution in [0.25, 0.3) is 0 Å². The lowest BCUT2D eigenvalue weighted by Crippen LogP contribution is -2.40. The van der Waals surface area contributed by atoms with Crippen molar-refractivity contribution in [1.82, 2.24) is 5.32 Å². The van der Waals surface area contributed by atoms with Gasteiger partial charge in [0.1, 0.15) is 16.6 Å². The van der Waals surface area contributed by atoms with Crippen LogP contribution in [0.5, 0.6) is 0 Å². The van der Waals surface area contributed by atoms with Gasteiger partial charge in [-0.15, -0.1) is 11.3 Å². The third-order valence-electron chi connectivity index (χ3n) is 3.78. The molecule has 0 radical (unpaired) electrons. The predicted octanol–water partition coefficient (Wildman–Crippen LogP) is 3.40. The summed E-state index contributed by atoms with van der Waals surface area (Å²) in [5.41, 5.74) is 0.713. The van der Waals surface area contributed by atoms with E-state index in [1.165, 1.54) is 24.3 Å². The molecule has 0 bridgehead atoms. The first-order valence-corrected chi connectivity index (χ1v) is 10.4. The van der Waals surface area contributed by atoms with Gasteiger partial charge in [0.25, 0.3) is 10.0 Å². The zero-order chi connectivity index (χ0) is 19.3. The molecule has 0 saturated heterocycles. The van der Waals surface area contributed by atoms with Crippen LogP contribution in [0.4, 0.5) is 10.1 Å². The number of hydrogen-bond acceptors (Lipinski definition) is 4. The largest absolute Gasteiger partial charge is 0.350 e. The van der Waals surface area contributed by atoms with E-state index in [1.54, 1.807) is 11.4 Å². The van der Waals surface area contributed by atoms with Crippen molar-refractivity contribution in [2.75, 3.05) is 10.8 Å². The first kappa shape index (κ1) is 19.1. The van der Waals surface area contributed by atoms with Crippen molar-refractivity contribution in [3.8, 4) is 0 Å². The summed E-state index contributed by atoms with van der Waals surface area (Å²) in [6.45, 7) is -0.266. The van der Waals surface area contributed by atoms with Crippen molar-refractivity contribution in [3.05, 3.63) is 83.5 Å². The van der Waals surface area contributed by atoms with E-state index in [0.29, 0.717) is 0 Å². The highest BCUT2D eigenvalue weighted by Crippen LogP contribution is 2.28. The third kappa shape index (κ3) is 4.53. The highest BCUT2D eigenvalue weighted by molar-refractivity contribution is 7.94. The summed E-state index contributed by atoms with van der Waals surface area (Å²) in [5, 5.41) is 4.28. The maximum absolute atomic E-state index is 14.3. The van der Waals surface area contributed by atoms with E-state index in [4.69, 9.17) is 0 Å². The molecule has 3 aromatic rings. The van der Waals surface area contributed by atoms with E-state index in [0.717, 1.165) is 27.3 Å². The van der Waals surface area contributed by atoms with E-state index in [-0.39, 0.29) is 16.4 Å². The molecule has 0 aliphatic heterocycles. The smallest absolute Gasteiger partial charge is 0.274 e. The zero-order valence-corrected chi connectivity index (χ0v) is 15.8. The van der Waals surface area contributed by atoms with Crippen LogP contribution in [0.3, 0.4) is 0 Å². The number of amides is 1. The second-order valence-corrected chi connectivity index (χ2v) is 8.69. The monoisotopic (exact) mass is 404 g/mol. The average molecular weight is 404 g/mol. The molecule has 0 fully saturated rings. The minimum Gasteiger partial charge on any atom is -0.350 e. The molecule has 27 heavy (non-hydrogen) atoms. The van der Waals surface area contributed by atoms with Crippen LogP contribution in [-0.4, -0.2) is 20.9 Å². The molecule has 0 saturated carbocycles. The number of hydrogen-bond donors (Lipinski definition) is 1. The lowest BCUT2D eigenvalue weighted by molar-refractivity contribution is -0.119. The Morgan fingerprint density at radius 1 is 1.00 bits per heavy atom. The number of nitrogens with one attached hydrogen (secondary N) is 1. The van der Waals surface area contributed by atoms with Gasteiger partial charge in [-0.25, -0.2) is 12.8 Å². The molecule has 1 N–H and O–H groups in total. The molecule has 1 aromatic heterocycles. The van der Waals surface area contributed by atoms with Gasteiger partial charge in [0.05, 0.1) is 5.69 Å². The zero-order valence-electron chi connectivity index (χ0n) is 14.2. The number of para-hydroxylation sites is 1. The highest BCUT2D eigenvalue weighted by Gasteiger charge is 2.29. The average Bonchev–Trinajstić information content (AvgIpc) is 3.22. The minimum atomic E-state index is -4.06. The van der Waals surface area contributed by atoms with Gasteiger partial charge in [0.15, 0.2) is 0 Å². The van der Waals surface area contributed by atoms with E-state index in [9.17, 15) is 17.6 Å². The summed E-state index contributed by atoms with van der Waals surface area (Å²) in [6.07, 6.45) is 0. The lowest BCUT2D eigenvalue weighted by atomic mass is 10.2. The number of benzene rings is 2. The van der Waals surface area contributed by atoms with Gasteiger partial charge in [0.2, 0.25) is 5.91 Å². The number of carbonyl (C=O) groups excluding carboxylic acids is 1. The van der Waals surface area contributed by atoms with Gasteiger partial charge in [-0.2, -0.15) is 0 Å². The highest BCUT2D eigenvalue weighted by atomic mass is 32.2. The Morgan fingerprint density at radius 3 is 2.37 bits per heavy atom. The van der Waals surface area contributed by atoms with Crippen LogP contribution in [0.1, 0.15) is 5.56 Å². The molecule has 0 aliphatic rings. The van der Waals surface area contributed by atoms with Crippen molar-refractivity contribution in [3.63, 3.8) is 0 Å². The fourth-order valence-electron chi connectivity index (χ4n) is 2.46. The maximum atomic E-state index is 14.3. The lowest BCUT2D eigenvalue weighted by Gasteiger charge is -2.23. The summed E-state index contributed by atoms with van der Waals surface area (Å²) >= 11 is 1.01. The first-order valence-electron chi connectivity index (χ1n) is 8.10. The molecule has 1 amide bonds. The molecule has 1 heterocycles. The molecule has 8 heteroatoms. The Hall–Kier alpha value is -2.71. The molecule has 140 valence electrons. The van der Waals surface area contributed by atoms with Crippen molar-refractivity contribution in [1.29, 1.82) is 0 Å². The van der Waals surface area contributed by atoms with E-state index in [2.05, 4.69) is 5.32 Å². The Bertz CT molecular complexity index is 1010. The predicted molar refractivity (Wildman–Crippen MR) is 104 cm³/mol. The van der Waals surface area contributed by atoms with Gasteiger partial charge >= 0.3 is 0 Å². The molecular formula is C19H17FN2O3S2. The topological polar surface area (TPSA) is 66.5 Å². The van der Waals surface area contributed by atoms with Crippen LogP contribution in [0.2, 0.25) is 0 Å². The summed E-state index contributed by atoms with van der Waals surface area (Å²) < 4.78 is 41.0. The molecule has 2 aromatic carbocycles. The standard InChI is InChI=1S/C19H17FN2O3S2/c20-16-9-4-5-10-17(16)22(27(24,25)19-11-6-12-26-19)14-18(23)21-13-15-7-2-1-3-8-15/h1-12H,13-14H2,(H,21,23). The number of anilines is 1. The normalized spacial score (nSPS) is 11.1. The van der Waals surface area contributed by atoms with Crippen molar-refractivity contribution >= 4 is 33.0 Å². The van der Waals surface area contributed by atoms with Crippen LogP contribution < -0.4 is 9.62 Å². The minimum absolute atomic E-state index is 0.0432. The van der Waals surface area contributed by atoms with Crippen LogP contribution in [0.15, 0.2) is 76.3 Å². The summed E-state index contributed by atoms with van der Waals surface area (Å²) in [7, 11) is -4.06. The number of halogens is 1. The number of carbonyl (C=O) groups is 1. The van der Waals surface area contributed by atoms with Crippen molar-refractivity contribution in [2.45, 2.75) is 10.8 Å². The van der Waals surface area contributed by atoms with Crippen LogP contribution >= 0.6 is 11.3 Å². The number of nitrogens with zero attached hydrogens (tertiary/aromatic N) is 1. The third-order valence-corrected chi connectivity index (χ3v) is 6.91. The quantitative estimate of drug-likeness (QED) is 0.656. The van der Waals surface area contributed by atoms with Crippen LogP contribution in [0, 0.1) is 5.82 Å². The second-order valence-electron chi connectivity index (χ2n) is 5.66. The van der Waals surface area contributed by atoms with Gasteiger partial charge in [-0.1, -0.05) is 48.5 Å².